The van der Waals surface area contributed by atoms with E-state index in [9.17, 15) is 14.9 Å². The minimum Gasteiger partial charge on any atom is -0.452 e. The first kappa shape index (κ1) is 17.8. The van der Waals surface area contributed by atoms with Gasteiger partial charge in [0.25, 0.3) is 5.91 Å². The topological polar surface area (TPSA) is 105 Å². The fourth-order valence-corrected chi connectivity index (χ4v) is 3.12. The summed E-state index contributed by atoms with van der Waals surface area (Å²) in [5.41, 5.74) is 2.40. The lowest BCUT2D eigenvalue weighted by Crippen LogP contribution is -2.46. The molecule has 1 N–H and O–H groups in total. The van der Waals surface area contributed by atoms with Gasteiger partial charge in [-0.1, -0.05) is 0 Å². The molecule has 7 nitrogen and oxygen atoms in total. The molecule has 26 heavy (non-hydrogen) atoms. The molecule has 1 aromatic carbocycles. The summed E-state index contributed by atoms with van der Waals surface area (Å²) < 4.78 is 5.08. The Morgan fingerprint density at radius 3 is 2.50 bits per heavy atom. The maximum atomic E-state index is 12.2. The minimum absolute atomic E-state index is 0.304. The molecular formula is C19H20N4O3. The van der Waals surface area contributed by atoms with E-state index in [-0.39, 0.29) is 0 Å². The van der Waals surface area contributed by atoms with Gasteiger partial charge in [-0.15, -0.1) is 0 Å². The van der Waals surface area contributed by atoms with E-state index in [4.69, 9.17) is 4.74 Å². The van der Waals surface area contributed by atoms with Gasteiger partial charge in [-0.3, -0.25) is 4.79 Å². The molecule has 1 aliphatic rings. The quantitative estimate of drug-likeness (QED) is 0.847. The van der Waals surface area contributed by atoms with Gasteiger partial charge in [0.2, 0.25) is 0 Å². The number of rotatable bonds is 4. The number of carbonyl (C=O) groups is 2. The number of benzene rings is 1. The van der Waals surface area contributed by atoms with E-state index < -0.39 is 24.0 Å². The molecule has 0 aliphatic heterocycles. The van der Waals surface area contributed by atoms with Crippen molar-refractivity contribution in [2.45, 2.75) is 45.1 Å². The number of amides is 1. The van der Waals surface area contributed by atoms with Crippen molar-refractivity contribution >= 4 is 22.9 Å². The lowest BCUT2D eigenvalue weighted by atomic mass is 10.00. The van der Waals surface area contributed by atoms with Crippen LogP contribution in [0, 0.1) is 25.2 Å². The Kier molecular flexibility index (Phi) is 4.85. The number of hydrogen-bond acceptors (Lipinski definition) is 6. The van der Waals surface area contributed by atoms with Crippen molar-refractivity contribution in [3.63, 3.8) is 0 Å². The molecule has 1 heterocycles. The molecule has 0 spiro atoms. The van der Waals surface area contributed by atoms with Crippen LogP contribution in [0.25, 0.3) is 11.0 Å². The van der Waals surface area contributed by atoms with Crippen LogP contribution in [0.5, 0.6) is 0 Å². The zero-order valence-corrected chi connectivity index (χ0v) is 14.8. The second-order valence-electron chi connectivity index (χ2n) is 6.62. The zero-order valence-electron chi connectivity index (χ0n) is 14.8. The van der Waals surface area contributed by atoms with E-state index in [2.05, 4.69) is 21.4 Å². The molecule has 2 aromatic rings. The Hall–Kier alpha value is -3.01. The van der Waals surface area contributed by atoms with Crippen LogP contribution in [-0.4, -0.2) is 34.0 Å². The summed E-state index contributed by atoms with van der Waals surface area (Å²) >= 11 is 0. The highest BCUT2D eigenvalue weighted by Crippen LogP contribution is 2.28. The number of ether oxygens (including phenoxy) is 1. The van der Waals surface area contributed by atoms with Crippen molar-refractivity contribution in [3.05, 3.63) is 35.2 Å². The smallest absolute Gasteiger partial charge is 0.338 e. The molecule has 0 saturated heterocycles. The highest BCUT2D eigenvalue weighted by atomic mass is 16.5. The SMILES string of the molecule is Cc1nc2ccc(C(=O)OCC(=O)NC3(C#N)CCCC3)cc2nc1C. The summed E-state index contributed by atoms with van der Waals surface area (Å²) in [6.45, 7) is 3.31. The van der Waals surface area contributed by atoms with Gasteiger partial charge < -0.3 is 10.1 Å². The highest BCUT2D eigenvalue weighted by molar-refractivity contribution is 5.94. The van der Waals surface area contributed by atoms with Crippen molar-refractivity contribution in [2.24, 2.45) is 0 Å². The first-order chi connectivity index (χ1) is 12.4. The molecule has 7 heteroatoms. The van der Waals surface area contributed by atoms with Gasteiger partial charge in [-0.2, -0.15) is 5.26 Å². The molecule has 0 atom stereocenters. The van der Waals surface area contributed by atoms with Crippen LogP contribution >= 0.6 is 0 Å². The Balaban J connectivity index is 1.64. The third-order valence-electron chi connectivity index (χ3n) is 4.70. The van der Waals surface area contributed by atoms with Crippen LogP contribution in [0.1, 0.15) is 47.4 Å². The standard InChI is InChI=1S/C19H20N4O3/c1-12-13(2)22-16-9-14(5-6-15(16)21-12)18(25)26-10-17(24)23-19(11-20)7-3-4-8-19/h5-6,9H,3-4,7-8,10H2,1-2H3,(H,23,24). The van der Waals surface area contributed by atoms with E-state index in [1.54, 1.807) is 18.2 Å². The van der Waals surface area contributed by atoms with E-state index in [0.29, 0.717) is 29.4 Å². The molecule has 1 fully saturated rings. The van der Waals surface area contributed by atoms with Gasteiger partial charge in [-0.05, 0) is 57.7 Å². The molecule has 0 unspecified atom stereocenters. The number of nitrogens with zero attached hydrogens (tertiary/aromatic N) is 3. The Morgan fingerprint density at radius 1 is 1.19 bits per heavy atom. The van der Waals surface area contributed by atoms with Crippen molar-refractivity contribution in [3.8, 4) is 6.07 Å². The van der Waals surface area contributed by atoms with Gasteiger partial charge in [0.15, 0.2) is 6.61 Å². The number of nitrogens with one attached hydrogen (secondary N) is 1. The summed E-state index contributed by atoms with van der Waals surface area (Å²) in [5.74, 6) is -1.08. The van der Waals surface area contributed by atoms with E-state index in [0.717, 1.165) is 24.2 Å². The first-order valence-corrected chi connectivity index (χ1v) is 8.57. The average Bonchev–Trinajstić information content (AvgIpc) is 3.09. The van der Waals surface area contributed by atoms with Gasteiger partial charge in [0.1, 0.15) is 5.54 Å². The van der Waals surface area contributed by atoms with Crippen molar-refractivity contribution in [1.29, 1.82) is 5.26 Å². The summed E-state index contributed by atoms with van der Waals surface area (Å²) in [6.07, 6.45) is 3.08. The van der Waals surface area contributed by atoms with Gasteiger partial charge in [0, 0.05) is 0 Å². The fourth-order valence-electron chi connectivity index (χ4n) is 3.12. The molecule has 0 bridgehead atoms. The molecular weight excluding hydrogens is 332 g/mol. The van der Waals surface area contributed by atoms with Crippen LogP contribution in [0.15, 0.2) is 18.2 Å². The molecule has 134 valence electrons. The normalized spacial score (nSPS) is 15.4. The maximum absolute atomic E-state index is 12.2. The molecule has 0 radical (unpaired) electrons. The third-order valence-corrected chi connectivity index (χ3v) is 4.70. The third kappa shape index (κ3) is 3.64. The fraction of sp³-hybridized carbons (Fsp3) is 0.421. The van der Waals surface area contributed by atoms with Gasteiger partial charge in [0.05, 0.1) is 34.1 Å². The molecule has 1 aliphatic carbocycles. The summed E-state index contributed by atoms with van der Waals surface area (Å²) in [6, 6.07) is 7.07. The van der Waals surface area contributed by atoms with Crippen LogP contribution in [0.3, 0.4) is 0 Å². The zero-order chi connectivity index (χ0) is 18.7. The number of hydrogen-bond donors (Lipinski definition) is 1. The second kappa shape index (κ2) is 7.08. The van der Waals surface area contributed by atoms with E-state index >= 15 is 0 Å². The van der Waals surface area contributed by atoms with E-state index in [1.165, 1.54) is 0 Å². The Labute approximate surface area is 151 Å². The summed E-state index contributed by atoms with van der Waals surface area (Å²) in [5, 5.41) is 12.0. The van der Waals surface area contributed by atoms with Gasteiger partial charge >= 0.3 is 5.97 Å². The van der Waals surface area contributed by atoms with Crippen molar-refractivity contribution in [1.82, 2.24) is 15.3 Å². The second-order valence-corrected chi connectivity index (χ2v) is 6.62. The minimum atomic E-state index is -0.822. The van der Waals surface area contributed by atoms with E-state index in [1.807, 2.05) is 13.8 Å². The lowest BCUT2D eigenvalue weighted by molar-refractivity contribution is -0.125. The van der Waals surface area contributed by atoms with Crippen LogP contribution < -0.4 is 5.32 Å². The van der Waals surface area contributed by atoms with Gasteiger partial charge in [-0.25, -0.2) is 14.8 Å². The van der Waals surface area contributed by atoms with Crippen LogP contribution in [0.4, 0.5) is 0 Å². The number of fused-ring (bicyclic) bond motifs is 1. The summed E-state index contributed by atoms with van der Waals surface area (Å²) in [4.78, 5) is 33.1. The number of aromatic nitrogens is 2. The molecule has 1 saturated carbocycles. The molecule has 3 rings (SSSR count). The monoisotopic (exact) mass is 352 g/mol. The number of esters is 1. The predicted molar refractivity (Wildman–Crippen MR) is 94.2 cm³/mol. The van der Waals surface area contributed by atoms with Crippen LogP contribution in [0.2, 0.25) is 0 Å². The molecule has 1 amide bonds. The Bertz CT molecular complexity index is 911. The largest absolute Gasteiger partial charge is 0.452 e. The average molecular weight is 352 g/mol. The highest BCUT2D eigenvalue weighted by Gasteiger charge is 2.35. The Morgan fingerprint density at radius 2 is 1.85 bits per heavy atom. The van der Waals surface area contributed by atoms with Crippen molar-refractivity contribution < 1.29 is 14.3 Å². The molecule has 1 aromatic heterocycles. The number of nitriles is 1. The van der Waals surface area contributed by atoms with Crippen LogP contribution in [-0.2, 0) is 9.53 Å². The van der Waals surface area contributed by atoms with Crippen molar-refractivity contribution in [2.75, 3.05) is 6.61 Å². The number of carbonyl (C=O) groups excluding carboxylic acids is 2. The maximum Gasteiger partial charge on any atom is 0.338 e. The lowest BCUT2D eigenvalue weighted by Gasteiger charge is -2.21. The predicted octanol–water partition coefficient (Wildman–Crippen LogP) is 2.36. The summed E-state index contributed by atoms with van der Waals surface area (Å²) in [7, 11) is 0. The number of aryl methyl sites for hydroxylation is 2. The first-order valence-electron chi connectivity index (χ1n) is 8.57.